The van der Waals surface area contributed by atoms with Crippen LogP contribution in [0.15, 0.2) is 18.2 Å². The minimum atomic E-state index is -1.40. The first-order chi connectivity index (χ1) is 27.6. The number of hydrogen-bond donors (Lipinski definition) is 2. The summed E-state index contributed by atoms with van der Waals surface area (Å²) in [6.07, 6.45) is 4.65. The Bertz CT molecular complexity index is 2200. The SMILES string of the molecule is COC(=O)c1c(NC(=O)COC(=O)c2ccc3c(c2)C(=O)N([C@@H](CC(C)C)C(=O)OCC(=O)Nc2sc4c(c2C(=O)OC)CC[C@@H](C)C4)C3=O)sc2c1CC[C@@H](C)C2. The zero-order chi connectivity index (χ0) is 42.0. The molecule has 0 unspecified atom stereocenters. The number of hydrogen-bond acceptors (Lipinski definition) is 14. The number of nitrogens with one attached hydrogen (secondary N) is 2. The van der Waals surface area contributed by atoms with Crippen LogP contribution in [-0.2, 0) is 59.0 Å². The maximum atomic E-state index is 13.7. The fraction of sp³-hybridized carbons (Fsp3) is 0.463. The van der Waals surface area contributed by atoms with E-state index < -0.39 is 66.8 Å². The third-order valence-electron chi connectivity index (χ3n) is 10.4. The van der Waals surface area contributed by atoms with Crippen molar-refractivity contribution in [2.45, 2.75) is 78.7 Å². The Morgan fingerprint density at radius 3 is 1.74 bits per heavy atom. The van der Waals surface area contributed by atoms with Crippen LogP contribution in [0.5, 0.6) is 0 Å². The van der Waals surface area contributed by atoms with Gasteiger partial charge in [-0.1, -0.05) is 27.7 Å². The molecule has 4 amide bonds. The molecule has 2 aliphatic carbocycles. The van der Waals surface area contributed by atoms with Crippen molar-refractivity contribution in [3.8, 4) is 0 Å². The largest absolute Gasteiger partial charge is 0.465 e. The van der Waals surface area contributed by atoms with Crippen LogP contribution in [0, 0.1) is 17.8 Å². The monoisotopic (exact) mass is 835 g/mol. The van der Waals surface area contributed by atoms with Gasteiger partial charge in [-0.2, -0.15) is 0 Å². The fourth-order valence-electron chi connectivity index (χ4n) is 7.51. The lowest BCUT2D eigenvalue weighted by atomic mass is 9.88. The van der Waals surface area contributed by atoms with E-state index in [4.69, 9.17) is 18.9 Å². The molecule has 15 nitrogen and oxygen atoms in total. The van der Waals surface area contributed by atoms with Gasteiger partial charge in [0.2, 0.25) is 0 Å². The van der Waals surface area contributed by atoms with E-state index in [0.717, 1.165) is 57.5 Å². The first kappa shape index (κ1) is 42.2. The van der Waals surface area contributed by atoms with Crippen molar-refractivity contribution in [2.75, 3.05) is 38.1 Å². The van der Waals surface area contributed by atoms with Gasteiger partial charge in [0.05, 0.1) is 42.0 Å². The molecule has 1 aliphatic heterocycles. The quantitative estimate of drug-likeness (QED) is 0.123. The van der Waals surface area contributed by atoms with E-state index in [0.29, 0.717) is 40.2 Å². The van der Waals surface area contributed by atoms with Gasteiger partial charge in [-0.25, -0.2) is 19.2 Å². The van der Waals surface area contributed by atoms with E-state index in [1.165, 1.54) is 49.0 Å². The van der Waals surface area contributed by atoms with Crippen molar-refractivity contribution >= 4 is 80.2 Å². The number of methoxy groups -OCH3 is 2. The summed E-state index contributed by atoms with van der Waals surface area (Å²) < 4.78 is 20.5. The van der Waals surface area contributed by atoms with Crippen molar-refractivity contribution in [1.29, 1.82) is 0 Å². The number of imide groups is 1. The van der Waals surface area contributed by atoms with Crippen LogP contribution in [0.4, 0.5) is 10.0 Å². The van der Waals surface area contributed by atoms with Crippen molar-refractivity contribution in [3.05, 3.63) is 66.9 Å². The number of esters is 4. The molecule has 0 saturated carbocycles. The number of rotatable bonds is 13. The van der Waals surface area contributed by atoms with Gasteiger partial charge in [0.15, 0.2) is 13.2 Å². The maximum Gasteiger partial charge on any atom is 0.341 e. The Labute approximate surface area is 342 Å². The van der Waals surface area contributed by atoms with Gasteiger partial charge in [0.25, 0.3) is 23.6 Å². The molecule has 3 aliphatic rings. The lowest BCUT2D eigenvalue weighted by molar-refractivity contribution is -0.151. The highest BCUT2D eigenvalue weighted by Gasteiger charge is 2.44. The summed E-state index contributed by atoms with van der Waals surface area (Å²) in [6, 6.07) is 2.29. The van der Waals surface area contributed by atoms with Crippen LogP contribution in [0.1, 0.15) is 120 Å². The normalized spacial score (nSPS) is 17.5. The lowest BCUT2D eigenvalue weighted by Gasteiger charge is -2.25. The molecule has 3 atom stereocenters. The molecule has 2 aromatic heterocycles. The molecule has 0 fully saturated rings. The van der Waals surface area contributed by atoms with Gasteiger partial charge in [-0.3, -0.25) is 24.1 Å². The van der Waals surface area contributed by atoms with Gasteiger partial charge >= 0.3 is 23.9 Å². The molecular weight excluding hydrogens is 791 g/mol. The predicted octanol–water partition coefficient (Wildman–Crippen LogP) is 5.62. The zero-order valence-electron chi connectivity index (χ0n) is 33.1. The molecule has 0 bridgehead atoms. The molecule has 58 heavy (non-hydrogen) atoms. The third-order valence-corrected chi connectivity index (χ3v) is 12.8. The molecule has 3 heterocycles. The Kier molecular flexibility index (Phi) is 12.8. The Morgan fingerprint density at radius 2 is 1.24 bits per heavy atom. The average Bonchev–Trinajstić information content (AvgIpc) is 3.81. The predicted molar refractivity (Wildman–Crippen MR) is 212 cm³/mol. The summed E-state index contributed by atoms with van der Waals surface area (Å²) in [5.74, 6) is -5.52. The number of ether oxygens (including phenoxy) is 4. The zero-order valence-corrected chi connectivity index (χ0v) is 34.7. The number of amides is 4. The highest BCUT2D eigenvalue weighted by Crippen LogP contribution is 2.41. The number of carbonyl (C=O) groups excluding carboxylic acids is 8. The molecule has 17 heteroatoms. The number of carbonyl (C=O) groups is 8. The highest BCUT2D eigenvalue weighted by atomic mass is 32.1. The van der Waals surface area contributed by atoms with Gasteiger partial charge in [-0.15, -0.1) is 22.7 Å². The summed E-state index contributed by atoms with van der Waals surface area (Å²) in [4.78, 5) is 108. The second kappa shape index (κ2) is 17.6. The van der Waals surface area contributed by atoms with Gasteiger partial charge in [0, 0.05) is 9.75 Å². The fourth-order valence-corrected chi connectivity index (χ4v) is 10.3. The van der Waals surface area contributed by atoms with E-state index in [1.54, 1.807) is 13.8 Å². The first-order valence-electron chi connectivity index (χ1n) is 19.0. The second-order valence-corrected chi connectivity index (χ2v) is 17.5. The van der Waals surface area contributed by atoms with Gasteiger partial charge in [-0.05, 0) is 92.0 Å². The van der Waals surface area contributed by atoms with Crippen molar-refractivity contribution < 1.29 is 57.3 Å². The van der Waals surface area contributed by atoms with Crippen LogP contribution in [0.2, 0.25) is 0 Å². The topological polar surface area (TPSA) is 201 Å². The number of nitrogens with zero attached hydrogens (tertiary/aromatic N) is 1. The number of fused-ring (bicyclic) bond motifs is 3. The Hall–Kier alpha value is -5.42. The molecule has 1 aromatic carbocycles. The summed E-state index contributed by atoms with van der Waals surface area (Å²) in [5, 5.41) is 5.94. The van der Waals surface area contributed by atoms with E-state index in [1.807, 2.05) is 0 Å². The molecule has 2 N–H and O–H groups in total. The van der Waals surface area contributed by atoms with Crippen LogP contribution in [0.25, 0.3) is 0 Å². The van der Waals surface area contributed by atoms with Crippen LogP contribution >= 0.6 is 22.7 Å². The van der Waals surface area contributed by atoms with Crippen LogP contribution < -0.4 is 10.6 Å². The van der Waals surface area contributed by atoms with Crippen molar-refractivity contribution in [3.63, 3.8) is 0 Å². The maximum absolute atomic E-state index is 13.7. The molecule has 0 saturated heterocycles. The molecule has 6 rings (SSSR count). The number of anilines is 2. The van der Waals surface area contributed by atoms with Crippen LogP contribution in [0.3, 0.4) is 0 Å². The molecule has 3 aromatic rings. The van der Waals surface area contributed by atoms with Crippen LogP contribution in [-0.4, -0.2) is 85.9 Å². The molecule has 308 valence electrons. The summed E-state index contributed by atoms with van der Waals surface area (Å²) in [6.45, 7) is 6.33. The smallest absolute Gasteiger partial charge is 0.341 e. The minimum absolute atomic E-state index is 0.0161. The Balaban J connectivity index is 1.10. The third kappa shape index (κ3) is 8.70. The van der Waals surface area contributed by atoms with Crippen molar-refractivity contribution in [2.24, 2.45) is 17.8 Å². The summed E-state index contributed by atoms with van der Waals surface area (Å²) in [5.41, 5.74) is 1.92. The summed E-state index contributed by atoms with van der Waals surface area (Å²) >= 11 is 2.56. The lowest BCUT2D eigenvalue weighted by Crippen LogP contribution is -2.46. The van der Waals surface area contributed by atoms with E-state index >= 15 is 0 Å². The number of thiophene rings is 2. The second-order valence-electron chi connectivity index (χ2n) is 15.3. The standard InChI is InChI=1S/C41H45N3O12S2/c1-19(2)13-27(39(50)56-18-31(46)43-35-33(41(52)54-6)25-11-8-21(4)15-29(25)58-35)44-36(47)23-12-9-22(16-26(23)37(44)48)38(49)55-17-30(45)42-34-32(40(51)53-5)24-10-7-20(3)14-28(24)57-34/h9,12,16,19-21,27H,7-8,10-11,13-15,17-18H2,1-6H3,(H,42,45)(H,43,46)/t20-,21-,27+/m1/s1. The average molecular weight is 836 g/mol. The van der Waals surface area contributed by atoms with Crippen molar-refractivity contribution in [1.82, 2.24) is 4.90 Å². The van der Waals surface area contributed by atoms with E-state index in [-0.39, 0.29) is 34.6 Å². The number of benzene rings is 1. The van der Waals surface area contributed by atoms with E-state index in [2.05, 4.69) is 24.5 Å². The minimum Gasteiger partial charge on any atom is -0.465 e. The van der Waals surface area contributed by atoms with Gasteiger partial charge in [0.1, 0.15) is 16.0 Å². The molecule has 0 radical (unpaired) electrons. The molecular formula is C41H45N3O12S2. The highest BCUT2D eigenvalue weighted by molar-refractivity contribution is 7.17. The van der Waals surface area contributed by atoms with Gasteiger partial charge < -0.3 is 29.6 Å². The Morgan fingerprint density at radius 1 is 0.741 bits per heavy atom. The first-order valence-corrected chi connectivity index (χ1v) is 20.7. The summed E-state index contributed by atoms with van der Waals surface area (Å²) in [7, 11) is 2.52. The van der Waals surface area contributed by atoms with E-state index in [9.17, 15) is 38.4 Å². The molecule has 0 spiro atoms.